The Bertz CT molecular complexity index is 1910. The maximum Gasteiger partial charge on any atom is 0.150 e. The van der Waals surface area contributed by atoms with Crippen LogP contribution in [0.1, 0.15) is 64.0 Å². The third kappa shape index (κ3) is 3.45. The van der Waals surface area contributed by atoms with Gasteiger partial charge >= 0.3 is 0 Å². The van der Waals surface area contributed by atoms with E-state index in [-0.39, 0.29) is 0 Å². The highest BCUT2D eigenvalue weighted by Gasteiger charge is 2.57. The summed E-state index contributed by atoms with van der Waals surface area (Å²) in [6.45, 7) is 0. The van der Waals surface area contributed by atoms with Crippen molar-refractivity contribution in [1.29, 1.82) is 0 Å². The minimum Gasteiger partial charge on any atom is -0.375 e. The molecule has 0 amide bonds. The van der Waals surface area contributed by atoms with E-state index < -0.39 is 22.4 Å². The standard InChI is InChI=1S/C38H26O4S4/c39-35(31-13-5-17-43-31)23-9-1-2-10-24(23)36(40,32-14-6-18-44-32)28-22-30-29(21-27(28)35)37(41,33-15-7-19-45-33)25-11-3-4-12-26(25)38(30,42)34-16-8-20-46-34/h1-22,39-42H/t35-,36-,37-,38-/m1/s1. The van der Waals surface area contributed by atoms with Crippen molar-refractivity contribution in [1.82, 2.24) is 0 Å². The number of hydrogen-bond acceptors (Lipinski definition) is 8. The Morgan fingerprint density at radius 2 is 0.543 bits per heavy atom. The van der Waals surface area contributed by atoms with Crippen molar-refractivity contribution in [2.24, 2.45) is 0 Å². The van der Waals surface area contributed by atoms with Crippen LogP contribution in [0.15, 0.2) is 131 Å². The highest BCUT2D eigenvalue weighted by molar-refractivity contribution is 7.11. The molecule has 9 rings (SSSR count). The van der Waals surface area contributed by atoms with E-state index in [0.29, 0.717) is 64.0 Å². The number of fused-ring (bicyclic) bond motifs is 4. The van der Waals surface area contributed by atoms with Crippen molar-refractivity contribution in [2.75, 3.05) is 0 Å². The molecule has 3 aromatic carbocycles. The molecule has 0 saturated heterocycles. The van der Waals surface area contributed by atoms with E-state index in [0.717, 1.165) is 0 Å². The molecule has 4 aromatic heterocycles. The first kappa shape index (κ1) is 28.5. The average molecular weight is 675 g/mol. The summed E-state index contributed by atoms with van der Waals surface area (Å²) < 4.78 is 0. The molecule has 4 atom stereocenters. The van der Waals surface area contributed by atoms with Crippen LogP contribution in [0.25, 0.3) is 0 Å². The molecule has 8 heteroatoms. The molecule has 2 aliphatic carbocycles. The van der Waals surface area contributed by atoms with E-state index in [1.165, 1.54) is 45.3 Å². The van der Waals surface area contributed by atoms with Crippen molar-refractivity contribution < 1.29 is 20.4 Å². The molecule has 0 bridgehead atoms. The summed E-state index contributed by atoms with van der Waals surface area (Å²) in [5, 5.41) is 60.3. The summed E-state index contributed by atoms with van der Waals surface area (Å²) in [5.41, 5.74) is -2.43. The van der Waals surface area contributed by atoms with E-state index in [1.54, 1.807) is 0 Å². The molecule has 4 N–H and O–H groups in total. The SMILES string of the molecule is O[C@]1(c2cccs2)c2ccccc2[C@](O)(c2cccs2)c2cc3c(cc21)[C@@](O)(c1cccs1)c1ccccc1[C@]3(O)c1cccs1. The highest BCUT2D eigenvalue weighted by Crippen LogP contribution is 2.60. The van der Waals surface area contributed by atoms with Crippen LogP contribution >= 0.6 is 45.3 Å². The molecular formula is C38H26O4S4. The van der Waals surface area contributed by atoms with Gasteiger partial charge in [0.25, 0.3) is 0 Å². The topological polar surface area (TPSA) is 80.9 Å². The van der Waals surface area contributed by atoms with Crippen LogP contribution < -0.4 is 0 Å². The fourth-order valence-electron chi connectivity index (χ4n) is 7.61. The average Bonchev–Trinajstić information content (AvgIpc) is 3.94. The largest absolute Gasteiger partial charge is 0.375 e. The summed E-state index contributed by atoms with van der Waals surface area (Å²) >= 11 is 5.75. The van der Waals surface area contributed by atoms with Crippen molar-refractivity contribution in [3.05, 3.63) is 195 Å². The minimum absolute atomic E-state index is 0.464. The second-order valence-corrected chi connectivity index (χ2v) is 15.6. The first-order valence-corrected chi connectivity index (χ1v) is 18.3. The zero-order chi connectivity index (χ0) is 31.3. The van der Waals surface area contributed by atoms with E-state index in [2.05, 4.69) is 0 Å². The second kappa shape index (κ2) is 9.90. The Morgan fingerprint density at radius 3 is 0.739 bits per heavy atom. The van der Waals surface area contributed by atoms with Gasteiger partial charge in [-0.3, -0.25) is 0 Å². The van der Waals surface area contributed by atoms with E-state index in [9.17, 15) is 20.4 Å². The molecule has 2 aliphatic rings. The summed E-state index contributed by atoms with van der Waals surface area (Å²) in [5.74, 6) is 0. The number of hydrogen-bond donors (Lipinski definition) is 4. The molecule has 4 nitrogen and oxygen atoms in total. The van der Waals surface area contributed by atoms with Crippen LogP contribution in [-0.4, -0.2) is 20.4 Å². The van der Waals surface area contributed by atoms with Gasteiger partial charge in [-0.15, -0.1) is 45.3 Å². The van der Waals surface area contributed by atoms with Crippen molar-refractivity contribution in [3.8, 4) is 0 Å². The van der Waals surface area contributed by atoms with Crippen molar-refractivity contribution in [2.45, 2.75) is 22.4 Å². The maximum absolute atomic E-state index is 13.1. The summed E-state index contributed by atoms with van der Waals surface area (Å²) in [6.07, 6.45) is 0. The second-order valence-electron chi connectivity index (χ2n) is 11.8. The van der Waals surface area contributed by atoms with E-state index >= 15 is 0 Å². The lowest BCUT2D eigenvalue weighted by molar-refractivity contribution is 0.0681. The Hall–Kier alpha value is -3.70. The molecule has 0 spiro atoms. The van der Waals surface area contributed by atoms with E-state index in [1.807, 2.05) is 131 Å². The highest BCUT2D eigenvalue weighted by atomic mass is 32.1. The molecule has 0 radical (unpaired) electrons. The zero-order valence-electron chi connectivity index (χ0n) is 24.1. The van der Waals surface area contributed by atoms with Crippen LogP contribution in [0.4, 0.5) is 0 Å². The lowest BCUT2D eigenvalue weighted by atomic mass is 9.61. The van der Waals surface area contributed by atoms with Crippen LogP contribution in [0, 0.1) is 0 Å². The van der Waals surface area contributed by atoms with Crippen LogP contribution in [0.2, 0.25) is 0 Å². The molecule has 46 heavy (non-hydrogen) atoms. The van der Waals surface area contributed by atoms with Gasteiger partial charge in [-0.05, 0) is 57.9 Å². The van der Waals surface area contributed by atoms with Crippen molar-refractivity contribution in [3.63, 3.8) is 0 Å². The van der Waals surface area contributed by atoms with Gasteiger partial charge in [-0.1, -0.05) is 72.8 Å². The molecule has 0 fully saturated rings. The number of rotatable bonds is 4. The zero-order valence-corrected chi connectivity index (χ0v) is 27.4. The summed E-state index contributed by atoms with van der Waals surface area (Å²) in [4.78, 5) is 2.77. The molecule has 0 saturated carbocycles. The lowest BCUT2D eigenvalue weighted by Gasteiger charge is -2.48. The summed E-state index contributed by atoms with van der Waals surface area (Å²) in [7, 11) is 0. The monoisotopic (exact) mass is 674 g/mol. The first-order chi connectivity index (χ1) is 22.3. The quantitative estimate of drug-likeness (QED) is 0.154. The van der Waals surface area contributed by atoms with Gasteiger partial charge in [0.2, 0.25) is 0 Å². The molecule has 0 aliphatic heterocycles. The van der Waals surface area contributed by atoms with E-state index in [4.69, 9.17) is 0 Å². The molecule has 7 aromatic rings. The molecular weight excluding hydrogens is 649 g/mol. The van der Waals surface area contributed by atoms with Gasteiger partial charge in [-0.2, -0.15) is 0 Å². The van der Waals surface area contributed by atoms with Gasteiger partial charge in [0, 0.05) is 64.0 Å². The smallest absolute Gasteiger partial charge is 0.150 e. The number of benzene rings is 3. The number of thiophene rings is 4. The fraction of sp³-hybridized carbons (Fsp3) is 0.105. The third-order valence-corrected chi connectivity index (χ3v) is 13.6. The Kier molecular flexibility index (Phi) is 6.14. The Labute approximate surface area is 281 Å². The predicted octanol–water partition coefficient (Wildman–Crippen LogP) is 7.70. The normalized spacial score (nSPS) is 26.2. The van der Waals surface area contributed by atoms with Gasteiger partial charge in [-0.25, -0.2) is 0 Å². The van der Waals surface area contributed by atoms with Gasteiger partial charge in [0.05, 0.1) is 0 Å². The van der Waals surface area contributed by atoms with Gasteiger partial charge in [0.1, 0.15) is 22.4 Å². The summed E-state index contributed by atoms with van der Waals surface area (Å²) in [6, 6.07) is 33.9. The van der Waals surface area contributed by atoms with Crippen LogP contribution in [-0.2, 0) is 22.4 Å². The van der Waals surface area contributed by atoms with Crippen LogP contribution in [0.5, 0.6) is 0 Å². The first-order valence-electron chi connectivity index (χ1n) is 14.8. The Morgan fingerprint density at radius 1 is 0.304 bits per heavy atom. The van der Waals surface area contributed by atoms with Gasteiger partial charge in [0.15, 0.2) is 0 Å². The number of aliphatic hydroxyl groups is 4. The lowest BCUT2D eigenvalue weighted by Crippen LogP contribution is -2.47. The van der Waals surface area contributed by atoms with Crippen molar-refractivity contribution >= 4 is 45.3 Å². The molecule has 4 heterocycles. The molecule has 226 valence electrons. The minimum atomic E-state index is -1.65. The van der Waals surface area contributed by atoms with Crippen LogP contribution in [0.3, 0.4) is 0 Å². The van der Waals surface area contributed by atoms with Gasteiger partial charge < -0.3 is 20.4 Å². The predicted molar refractivity (Wildman–Crippen MR) is 185 cm³/mol. The fourth-order valence-corrected chi connectivity index (χ4v) is 11.0. The third-order valence-electron chi connectivity index (χ3n) is 9.64. The molecule has 0 unspecified atom stereocenters. The maximum atomic E-state index is 13.1. The Balaban J connectivity index is 1.49.